The largest absolute Gasteiger partial charge is 0.493 e. The second-order valence-electron chi connectivity index (χ2n) is 8.07. The first-order chi connectivity index (χ1) is 15.3. The minimum atomic E-state index is -0.0370. The molecule has 0 radical (unpaired) electrons. The standard InChI is InChI=1S/C25H22N4O2/c30-23(8-6-18-14-26-15-27-18)29-11-9-20-19-3-1-2-4-21(19)28-24(20)25(29)17-5-7-22-16(13-17)10-12-31-22/h1-8,13-15,20,28H,9-12H2,(H,26,27)/b8-6+. The highest BCUT2D eigenvalue weighted by Gasteiger charge is 2.37. The third-order valence-electron chi connectivity index (χ3n) is 6.27. The van der Waals surface area contributed by atoms with Crippen molar-refractivity contribution >= 4 is 23.4 Å². The predicted molar refractivity (Wildman–Crippen MR) is 119 cm³/mol. The van der Waals surface area contributed by atoms with Gasteiger partial charge < -0.3 is 19.9 Å². The lowest BCUT2D eigenvalue weighted by molar-refractivity contribution is -0.123. The van der Waals surface area contributed by atoms with Crippen LogP contribution in [-0.2, 0) is 11.2 Å². The number of nitrogens with zero attached hydrogens (tertiary/aromatic N) is 2. The number of amides is 1. The topological polar surface area (TPSA) is 70.2 Å². The van der Waals surface area contributed by atoms with Gasteiger partial charge in [0, 0.05) is 41.9 Å². The number of imidazole rings is 1. The number of aromatic amines is 1. The summed E-state index contributed by atoms with van der Waals surface area (Å²) in [4.78, 5) is 22.2. The van der Waals surface area contributed by atoms with E-state index in [2.05, 4.69) is 45.6 Å². The number of anilines is 1. The third kappa shape index (κ3) is 3.03. The minimum absolute atomic E-state index is 0.0370. The van der Waals surface area contributed by atoms with E-state index in [-0.39, 0.29) is 11.8 Å². The number of hydrogen-bond acceptors (Lipinski definition) is 4. The second kappa shape index (κ2) is 7.16. The van der Waals surface area contributed by atoms with Gasteiger partial charge in [-0.3, -0.25) is 4.79 Å². The number of carbonyl (C=O) groups excluding carboxylic acids is 1. The van der Waals surface area contributed by atoms with Crippen LogP contribution in [0.2, 0.25) is 0 Å². The minimum Gasteiger partial charge on any atom is -0.493 e. The van der Waals surface area contributed by atoms with E-state index in [4.69, 9.17) is 4.74 Å². The molecule has 3 aromatic rings. The van der Waals surface area contributed by atoms with E-state index < -0.39 is 0 Å². The first-order valence-electron chi connectivity index (χ1n) is 10.6. The molecule has 2 aromatic carbocycles. The van der Waals surface area contributed by atoms with Crippen LogP contribution in [0.25, 0.3) is 11.8 Å². The second-order valence-corrected chi connectivity index (χ2v) is 8.07. The molecule has 3 aliphatic rings. The smallest absolute Gasteiger partial charge is 0.251 e. The van der Waals surface area contributed by atoms with Gasteiger partial charge in [0.15, 0.2) is 0 Å². The summed E-state index contributed by atoms with van der Waals surface area (Å²) in [6.07, 6.45) is 8.49. The zero-order valence-electron chi connectivity index (χ0n) is 17.0. The van der Waals surface area contributed by atoms with Crippen molar-refractivity contribution in [3.05, 3.63) is 89.1 Å². The van der Waals surface area contributed by atoms with Crippen LogP contribution in [0.15, 0.2) is 66.8 Å². The first-order valence-corrected chi connectivity index (χ1v) is 10.6. The molecule has 4 heterocycles. The Kier molecular flexibility index (Phi) is 4.16. The van der Waals surface area contributed by atoms with Crippen LogP contribution < -0.4 is 10.1 Å². The molecular formula is C25H22N4O2. The number of aromatic nitrogens is 2. The van der Waals surface area contributed by atoms with Crippen LogP contribution in [0.4, 0.5) is 5.69 Å². The number of para-hydroxylation sites is 1. The third-order valence-corrected chi connectivity index (χ3v) is 6.27. The Morgan fingerprint density at radius 2 is 2.16 bits per heavy atom. The monoisotopic (exact) mass is 410 g/mol. The molecule has 0 saturated heterocycles. The predicted octanol–water partition coefficient (Wildman–Crippen LogP) is 4.17. The fraction of sp³-hybridized carbons (Fsp3) is 0.200. The molecule has 0 aliphatic carbocycles. The number of rotatable bonds is 3. The van der Waals surface area contributed by atoms with Gasteiger partial charge in [-0.25, -0.2) is 4.98 Å². The summed E-state index contributed by atoms with van der Waals surface area (Å²) in [6, 6.07) is 14.7. The number of ether oxygens (including phenoxy) is 1. The lowest BCUT2D eigenvalue weighted by atomic mass is 9.88. The van der Waals surface area contributed by atoms with E-state index in [1.807, 2.05) is 17.0 Å². The van der Waals surface area contributed by atoms with Gasteiger partial charge in [-0.05, 0) is 47.9 Å². The van der Waals surface area contributed by atoms with Gasteiger partial charge in [0.05, 0.1) is 30.5 Å². The SMILES string of the molecule is O=C(/C=C/c1cnc[nH]1)N1CCC2C(=C1c1ccc3c(c1)CCO3)Nc1ccccc12. The quantitative estimate of drug-likeness (QED) is 0.636. The van der Waals surface area contributed by atoms with Gasteiger partial charge in [0.2, 0.25) is 0 Å². The molecule has 31 heavy (non-hydrogen) atoms. The molecule has 1 amide bonds. The molecule has 1 aromatic heterocycles. The summed E-state index contributed by atoms with van der Waals surface area (Å²) in [5.74, 6) is 1.18. The Morgan fingerprint density at radius 3 is 3.06 bits per heavy atom. The van der Waals surface area contributed by atoms with Crippen LogP contribution >= 0.6 is 0 Å². The van der Waals surface area contributed by atoms with Crippen molar-refractivity contribution in [3.8, 4) is 5.75 Å². The number of allylic oxidation sites excluding steroid dienone is 1. The van der Waals surface area contributed by atoms with Crippen molar-refractivity contribution in [2.75, 3.05) is 18.5 Å². The van der Waals surface area contributed by atoms with Crippen molar-refractivity contribution in [3.63, 3.8) is 0 Å². The molecule has 3 aliphatic heterocycles. The normalized spacial score (nSPS) is 19.1. The van der Waals surface area contributed by atoms with Crippen LogP contribution in [0.5, 0.6) is 5.75 Å². The molecule has 1 unspecified atom stereocenters. The maximum absolute atomic E-state index is 13.3. The Balaban J connectivity index is 1.44. The zero-order valence-corrected chi connectivity index (χ0v) is 17.0. The first kappa shape index (κ1) is 18.0. The number of carbonyl (C=O) groups is 1. The van der Waals surface area contributed by atoms with Crippen LogP contribution in [0.1, 0.15) is 34.7 Å². The van der Waals surface area contributed by atoms with Crippen LogP contribution in [0, 0.1) is 0 Å². The summed E-state index contributed by atoms with van der Waals surface area (Å²) < 4.78 is 5.70. The summed E-state index contributed by atoms with van der Waals surface area (Å²) in [7, 11) is 0. The van der Waals surface area contributed by atoms with Crippen molar-refractivity contribution in [1.82, 2.24) is 14.9 Å². The average molecular weight is 410 g/mol. The molecule has 0 bridgehead atoms. The number of fused-ring (bicyclic) bond motifs is 4. The highest BCUT2D eigenvalue weighted by Crippen LogP contribution is 2.47. The van der Waals surface area contributed by atoms with E-state index in [9.17, 15) is 4.79 Å². The van der Waals surface area contributed by atoms with E-state index in [0.717, 1.165) is 46.9 Å². The van der Waals surface area contributed by atoms with Crippen LogP contribution in [-0.4, -0.2) is 33.9 Å². The number of H-pyrrole nitrogens is 1. The summed E-state index contributed by atoms with van der Waals surface area (Å²) >= 11 is 0. The fourth-order valence-corrected chi connectivity index (χ4v) is 4.82. The highest BCUT2D eigenvalue weighted by atomic mass is 16.5. The van der Waals surface area contributed by atoms with Gasteiger partial charge in [-0.1, -0.05) is 18.2 Å². The number of nitrogens with one attached hydrogen (secondary N) is 2. The van der Waals surface area contributed by atoms with Gasteiger partial charge in [-0.2, -0.15) is 0 Å². The molecule has 2 N–H and O–H groups in total. The highest BCUT2D eigenvalue weighted by molar-refractivity contribution is 5.99. The summed E-state index contributed by atoms with van der Waals surface area (Å²) in [5.41, 5.74) is 7.55. The summed E-state index contributed by atoms with van der Waals surface area (Å²) in [6.45, 7) is 1.38. The van der Waals surface area contributed by atoms with Gasteiger partial charge in [-0.15, -0.1) is 0 Å². The molecule has 0 spiro atoms. The maximum atomic E-state index is 13.3. The lowest BCUT2D eigenvalue weighted by Gasteiger charge is -2.34. The fourth-order valence-electron chi connectivity index (χ4n) is 4.82. The number of benzene rings is 2. The lowest BCUT2D eigenvalue weighted by Crippen LogP contribution is -2.35. The average Bonchev–Trinajstić information content (AvgIpc) is 3.55. The Bertz CT molecular complexity index is 1230. The van der Waals surface area contributed by atoms with Gasteiger partial charge in [0.1, 0.15) is 5.75 Å². The molecule has 6 rings (SSSR count). The van der Waals surface area contributed by atoms with Crippen molar-refractivity contribution < 1.29 is 9.53 Å². The van der Waals surface area contributed by atoms with Gasteiger partial charge in [0.25, 0.3) is 5.91 Å². The number of hydrogen-bond donors (Lipinski definition) is 2. The Labute approximate surface area is 180 Å². The van der Waals surface area contributed by atoms with E-state index in [0.29, 0.717) is 13.2 Å². The molecule has 154 valence electrons. The molecular weight excluding hydrogens is 388 g/mol. The van der Waals surface area contributed by atoms with Crippen molar-refractivity contribution in [2.45, 2.75) is 18.8 Å². The van der Waals surface area contributed by atoms with Crippen LogP contribution in [0.3, 0.4) is 0 Å². The Morgan fingerprint density at radius 1 is 1.23 bits per heavy atom. The molecule has 0 saturated carbocycles. The van der Waals surface area contributed by atoms with Crippen molar-refractivity contribution in [1.29, 1.82) is 0 Å². The van der Waals surface area contributed by atoms with E-state index >= 15 is 0 Å². The molecule has 6 heteroatoms. The summed E-state index contributed by atoms with van der Waals surface area (Å²) in [5, 5.41) is 3.62. The molecule has 0 fully saturated rings. The molecule has 6 nitrogen and oxygen atoms in total. The zero-order chi connectivity index (χ0) is 20.8. The maximum Gasteiger partial charge on any atom is 0.251 e. The van der Waals surface area contributed by atoms with Crippen molar-refractivity contribution in [2.24, 2.45) is 0 Å². The van der Waals surface area contributed by atoms with Gasteiger partial charge >= 0.3 is 0 Å². The van der Waals surface area contributed by atoms with E-state index in [1.165, 1.54) is 11.1 Å². The molecule has 1 atom stereocenters. The van der Waals surface area contributed by atoms with E-state index in [1.54, 1.807) is 24.7 Å². The Hall–Kier alpha value is -3.80.